The van der Waals surface area contributed by atoms with Crippen molar-refractivity contribution in [2.75, 3.05) is 18.0 Å². The van der Waals surface area contributed by atoms with Crippen molar-refractivity contribution in [3.8, 4) is 5.88 Å². The fourth-order valence-corrected chi connectivity index (χ4v) is 3.77. The lowest BCUT2D eigenvalue weighted by atomic mass is 9.98. The van der Waals surface area contributed by atoms with Gasteiger partial charge in [-0.3, -0.25) is 4.98 Å². The second kappa shape index (κ2) is 7.37. The minimum atomic E-state index is 0.250. The summed E-state index contributed by atoms with van der Waals surface area (Å²) in [4.78, 5) is 15.7. The summed E-state index contributed by atoms with van der Waals surface area (Å²) in [7, 11) is 0. The van der Waals surface area contributed by atoms with Gasteiger partial charge in [-0.25, -0.2) is 0 Å². The molecular formula is C18H25N5O2. The Balaban J connectivity index is 1.44. The number of aromatic nitrogens is 4. The molecule has 2 aliphatic rings. The molecule has 1 saturated heterocycles. The van der Waals surface area contributed by atoms with Gasteiger partial charge in [-0.1, -0.05) is 11.6 Å². The van der Waals surface area contributed by atoms with Crippen LogP contribution in [-0.2, 0) is 0 Å². The molecule has 1 unspecified atom stereocenters. The Hall–Kier alpha value is -2.18. The first kappa shape index (κ1) is 16.3. The van der Waals surface area contributed by atoms with Crippen LogP contribution in [0.4, 0.5) is 5.82 Å². The highest BCUT2D eigenvalue weighted by molar-refractivity contribution is 5.38. The molecule has 7 heteroatoms. The fraction of sp³-hybridized carbons (Fsp3) is 0.667. The summed E-state index contributed by atoms with van der Waals surface area (Å²) in [5.74, 6) is 3.17. The number of rotatable bonds is 4. The SMILES string of the molecule is Cc1noc(C2CCCN(c3cncc(OC4CCCCC4)n3)C2)n1. The fourth-order valence-electron chi connectivity index (χ4n) is 3.77. The van der Waals surface area contributed by atoms with E-state index in [0.717, 1.165) is 50.5 Å². The Bertz CT molecular complexity index is 698. The van der Waals surface area contributed by atoms with Crippen molar-refractivity contribution in [1.29, 1.82) is 0 Å². The van der Waals surface area contributed by atoms with Crippen LogP contribution < -0.4 is 9.64 Å². The van der Waals surface area contributed by atoms with Gasteiger partial charge in [0.2, 0.25) is 11.8 Å². The maximum atomic E-state index is 6.06. The lowest BCUT2D eigenvalue weighted by Gasteiger charge is -2.32. The molecule has 0 N–H and O–H groups in total. The van der Waals surface area contributed by atoms with Crippen molar-refractivity contribution in [2.45, 2.75) is 63.9 Å². The van der Waals surface area contributed by atoms with Crippen molar-refractivity contribution in [3.63, 3.8) is 0 Å². The van der Waals surface area contributed by atoms with Gasteiger partial charge in [-0.15, -0.1) is 0 Å². The minimum absolute atomic E-state index is 0.250. The molecular weight excluding hydrogens is 318 g/mol. The molecule has 3 heterocycles. The van der Waals surface area contributed by atoms with Gasteiger partial charge in [-0.2, -0.15) is 9.97 Å². The molecule has 1 aliphatic carbocycles. The normalized spacial score (nSPS) is 22.1. The van der Waals surface area contributed by atoms with Gasteiger partial charge in [0, 0.05) is 13.1 Å². The van der Waals surface area contributed by atoms with Crippen LogP contribution in [0.5, 0.6) is 5.88 Å². The third-order valence-electron chi connectivity index (χ3n) is 5.08. The summed E-state index contributed by atoms with van der Waals surface area (Å²) in [6.07, 6.45) is 12.0. The monoisotopic (exact) mass is 343 g/mol. The molecule has 4 rings (SSSR count). The third kappa shape index (κ3) is 3.91. The van der Waals surface area contributed by atoms with E-state index in [1.807, 2.05) is 13.1 Å². The van der Waals surface area contributed by atoms with Crippen LogP contribution in [0, 0.1) is 6.92 Å². The van der Waals surface area contributed by atoms with Crippen LogP contribution in [0.3, 0.4) is 0 Å². The van der Waals surface area contributed by atoms with Gasteiger partial charge in [-0.05, 0) is 45.4 Å². The predicted octanol–water partition coefficient (Wildman–Crippen LogP) is 3.26. The van der Waals surface area contributed by atoms with Crippen LogP contribution in [0.25, 0.3) is 0 Å². The maximum absolute atomic E-state index is 6.06. The van der Waals surface area contributed by atoms with E-state index in [1.165, 1.54) is 19.3 Å². The molecule has 2 fully saturated rings. The van der Waals surface area contributed by atoms with E-state index in [1.54, 1.807) is 6.20 Å². The molecule has 0 aromatic carbocycles. The Morgan fingerprint density at radius 3 is 2.76 bits per heavy atom. The zero-order valence-electron chi connectivity index (χ0n) is 14.7. The Morgan fingerprint density at radius 1 is 1.08 bits per heavy atom. The molecule has 25 heavy (non-hydrogen) atoms. The lowest BCUT2D eigenvalue weighted by molar-refractivity contribution is 0.148. The second-order valence-electron chi connectivity index (χ2n) is 7.06. The molecule has 134 valence electrons. The molecule has 2 aromatic rings. The number of hydrogen-bond acceptors (Lipinski definition) is 7. The van der Waals surface area contributed by atoms with Gasteiger partial charge in [0.15, 0.2) is 11.6 Å². The highest BCUT2D eigenvalue weighted by Crippen LogP contribution is 2.29. The molecule has 0 spiro atoms. The number of hydrogen-bond donors (Lipinski definition) is 0. The van der Waals surface area contributed by atoms with Gasteiger partial charge in [0.25, 0.3) is 0 Å². The average molecular weight is 343 g/mol. The predicted molar refractivity (Wildman–Crippen MR) is 92.8 cm³/mol. The zero-order valence-corrected chi connectivity index (χ0v) is 14.7. The van der Waals surface area contributed by atoms with Gasteiger partial charge in [0.1, 0.15) is 6.10 Å². The maximum Gasteiger partial charge on any atom is 0.234 e. The topological polar surface area (TPSA) is 77.2 Å². The molecule has 0 amide bonds. The van der Waals surface area contributed by atoms with Crippen molar-refractivity contribution < 1.29 is 9.26 Å². The van der Waals surface area contributed by atoms with E-state index in [-0.39, 0.29) is 12.0 Å². The smallest absolute Gasteiger partial charge is 0.234 e. The first-order valence-electron chi connectivity index (χ1n) is 9.32. The summed E-state index contributed by atoms with van der Waals surface area (Å²) in [5.41, 5.74) is 0. The largest absolute Gasteiger partial charge is 0.473 e. The molecule has 7 nitrogen and oxygen atoms in total. The molecule has 1 saturated carbocycles. The van der Waals surface area contributed by atoms with Crippen LogP contribution >= 0.6 is 0 Å². The summed E-state index contributed by atoms with van der Waals surface area (Å²) in [6.45, 7) is 3.64. The molecule has 0 bridgehead atoms. The zero-order chi connectivity index (χ0) is 17.1. The van der Waals surface area contributed by atoms with Gasteiger partial charge in [0.05, 0.1) is 18.3 Å². The first-order valence-corrected chi connectivity index (χ1v) is 9.32. The summed E-state index contributed by atoms with van der Waals surface area (Å²) in [5, 5.41) is 3.92. The van der Waals surface area contributed by atoms with Crippen LogP contribution in [0.15, 0.2) is 16.9 Å². The number of nitrogens with zero attached hydrogens (tertiary/aromatic N) is 5. The van der Waals surface area contributed by atoms with Crippen LogP contribution in [0.1, 0.15) is 62.6 Å². The van der Waals surface area contributed by atoms with Crippen LogP contribution in [0.2, 0.25) is 0 Å². The van der Waals surface area contributed by atoms with E-state index in [4.69, 9.17) is 14.2 Å². The van der Waals surface area contributed by atoms with E-state index in [9.17, 15) is 0 Å². The molecule has 0 radical (unpaired) electrons. The Kier molecular flexibility index (Phi) is 4.81. The van der Waals surface area contributed by atoms with E-state index in [0.29, 0.717) is 11.7 Å². The van der Waals surface area contributed by atoms with Crippen molar-refractivity contribution >= 4 is 5.82 Å². The summed E-state index contributed by atoms with van der Waals surface area (Å²) >= 11 is 0. The van der Waals surface area contributed by atoms with Crippen molar-refractivity contribution in [1.82, 2.24) is 20.1 Å². The minimum Gasteiger partial charge on any atom is -0.473 e. The third-order valence-corrected chi connectivity index (χ3v) is 5.08. The Labute approximate surface area is 147 Å². The number of ether oxygens (including phenoxy) is 1. The van der Waals surface area contributed by atoms with E-state index < -0.39 is 0 Å². The van der Waals surface area contributed by atoms with Gasteiger partial charge >= 0.3 is 0 Å². The number of anilines is 1. The van der Waals surface area contributed by atoms with Crippen LogP contribution in [-0.4, -0.2) is 39.3 Å². The average Bonchev–Trinajstić information content (AvgIpc) is 3.09. The van der Waals surface area contributed by atoms with E-state index >= 15 is 0 Å². The molecule has 1 aliphatic heterocycles. The standard InChI is InChI=1S/C18H25N5O2/c1-13-20-18(25-22-13)14-6-5-9-23(12-14)16-10-19-11-17(21-16)24-15-7-3-2-4-8-15/h10-11,14-15H,2-9,12H2,1H3. The summed E-state index contributed by atoms with van der Waals surface area (Å²) < 4.78 is 11.4. The van der Waals surface area contributed by atoms with Gasteiger partial charge < -0.3 is 14.2 Å². The molecule has 1 atom stereocenters. The van der Waals surface area contributed by atoms with Crippen molar-refractivity contribution in [2.24, 2.45) is 0 Å². The van der Waals surface area contributed by atoms with Crippen molar-refractivity contribution in [3.05, 3.63) is 24.1 Å². The second-order valence-corrected chi connectivity index (χ2v) is 7.06. The summed E-state index contributed by atoms with van der Waals surface area (Å²) in [6, 6.07) is 0. The number of piperidine rings is 1. The first-order chi connectivity index (χ1) is 12.3. The quantitative estimate of drug-likeness (QED) is 0.843. The Morgan fingerprint density at radius 2 is 1.96 bits per heavy atom. The lowest BCUT2D eigenvalue weighted by Crippen LogP contribution is -2.35. The van der Waals surface area contributed by atoms with E-state index in [2.05, 4.69) is 20.0 Å². The molecule has 2 aromatic heterocycles. The highest BCUT2D eigenvalue weighted by atomic mass is 16.5. The highest BCUT2D eigenvalue weighted by Gasteiger charge is 2.27. The number of aryl methyl sites for hydroxylation is 1.